The van der Waals surface area contributed by atoms with Gasteiger partial charge in [0.2, 0.25) is 11.2 Å². The van der Waals surface area contributed by atoms with Gasteiger partial charge in [0.25, 0.3) is 0 Å². The van der Waals surface area contributed by atoms with E-state index in [2.05, 4.69) is 15.9 Å². The molecule has 2 aromatic rings. The predicted octanol–water partition coefficient (Wildman–Crippen LogP) is 4.16. The Morgan fingerprint density at radius 2 is 1.92 bits per heavy atom. The van der Waals surface area contributed by atoms with Crippen LogP contribution in [0.5, 0.6) is 5.75 Å². The Kier molecular flexibility index (Phi) is 6.67. The molecule has 1 fully saturated rings. The second-order valence-corrected chi connectivity index (χ2v) is 6.48. The normalized spacial score (nSPS) is 17.4. The third-order valence-corrected chi connectivity index (χ3v) is 4.62. The Morgan fingerprint density at radius 3 is 2.60 bits per heavy atom. The van der Waals surface area contributed by atoms with Crippen LogP contribution in [-0.2, 0) is 28.0 Å². The van der Waals surface area contributed by atoms with Gasteiger partial charge in [-0.25, -0.2) is 0 Å². The SMILES string of the molecule is O=c1cc(COC2CCCCO2)occ1OCc1ccc(CBr)cc1. The number of benzene rings is 1. The van der Waals surface area contributed by atoms with Crippen molar-refractivity contribution in [1.82, 2.24) is 0 Å². The summed E-state index contributed by atoms with van der Waals surface area (Å²) in [6.07, 6.45) is 4.17. The molecule has 2 heterocycles. The van der Waals surface area contributed by atoms with E-state index in [9.17, 15) is 4.79 Å². The molecule has 3 rings (SSSR count). The smallest absolute Gasteiger partial charge is 0.227 e. The van der Waals surface area contributed by atoms with Gasteiger partial charge < -0.3 is 18.6 Å². The topological polar surface area (TPSA) is 57.9 Å². The highest BCUT2D eigenvalue weighted by Gasteiger charge is 2.15. The average Bonchev–Trinajstić information content (AvgIpc) is 2.67. The summed E-state index contributed by atoms with van der Waals surface area (Å²) in [5.41, 5.74) is 1.96. The van der Waals surface area contributed by atoms with Gasteiger partial charge in [-0.2, -0.15) is 0 Å². The highest BCUT2D eigenvalue weighted by molar-refractivity contribution is 9.08. The molecule has 0 saturated carbocycles. The lowest BCUT2D eigenvalue weighted by atomic mass is 10.2. The summed E-state index contributed by atoms with van der Waals surface area (Å²) < 4.78 is 22.1. The van der Waals surface area contributed by atoms with Crippen molar-refractivity contribution in [3.05, 3.63) is 63.7 Å². The second-order valence-electron chi connectivity index (χ2n) is 5.92. The number of hydrogen-bond donors (Lipinski definition) is 0. The van der Waals surface area contributed by atoms with Crippen molar-refractivity contribution in [1.29, 1.82) is 0 Å². The van der Waals surface area contributed by atoms with Crippen molar-refractivity contribution < 1.29 is 18.6 Å². The third-order valence-electron chi connectivity index (χ3n) is 3.97. The van der Waals surface area contributed by atoms with E-state index in [-0.39, 0.29) is 24.1 Å². The molecule has 0 spiro atoms. The van der Waals surface area contributed by atoms with Crippen molar-refractivity contribution in [2.24, 2.45) is 0 Å². The first kappa shape index (κ1) is 18.2. The van der Waals surface area contributed by atoms with Crippen LogP contribution >= 0.6 is 15.9 Å². The van der Waals surface area contributed by atoms with Gasteiger partial charge >= 0.3 is 0 Å². The molecule has 1 unspecified atom stereocenters. The van der Waals surface area contributed by atoms with E-state index in [0.717, 1.165) is 36.8 Å². The fraction of sp³-hybridized carbons (Fsp3) is 0.421. The van der Waals surface area contributed by atoms with Gasteiger partial charge in [0.15, 0.2) is 6.29 Å². The van der Waals surface area contributed by atoms with Crippen LogP contribution in [0.4, 0.5) is 0 Å². The van der Waals surface area contributed by atoms with E-state index < -0.39 is 0 Å². The molecule has 1 aromatic carbocycles. The van der Waals surface area contributed by atoms with Gasteiger partial charge in [0, 0.05) is 18.0 Å². The zero-order chi connectivity index (χ0) is 17.5. The highest BCUT2D eigenvalue weighted by Crippen LogP contribution is 2.16. The largest absolute Gasteiger partial charge is 0.482 e. The van der Waals surface area contributed by atoms with E-state index in [4.69, 9.17) is 18.6 Å². The fourth-order valence-corrected chi connectivity index (χ4v) is 2.90. The van der Waals surface area contributed by atoms with E-state index in [1.54, 1.807) is 0 Å². The van der Waals surface area contributed by atoms with Crippen molar-refractivity contribution in [3.63, 3.8) is 0 Å². The molecule has 0 aliphatic carbocycles. The van der Waals surface area contributed by atoms with Crippen LogP contribution in [0.25, 0.3) is 0 Å². The fourth-order valence-electron chi connectivity index (χ4n) is 2.52. The van der Waals surface area contributed by atoms with Gasteiger partial charge in [0.1, 0.15) is 25.2 Å². The number of ether oxygens (including phenoxy) is 3. The van der Waals surface area contributed by atoms with E-state index >= 15 is 0 Å². The molecule has 1 saturated heterocycles. The summed E-state index contributed by atoms with van der Waals surface area (Å²) in [7, 11) is 0. The van der Waals surface area contributed by atoms with Crippen molar-refractivity contribution in [2.75, 3.05) is 6.61 Å². The third kappa shape index (κ3) is 5.42. The Bertz CT molecular complexity index is 719. The van der Waals surface area contributed by atoms with E-state index in [1.165, 1.54) is 17.9 Å². The summed E-state index contributed by atoms with van der Waals surface area (Å²) >= 11 is 3.41. The molecular weight excluding hydrogens is 388 g/mol. The molecule has 0 N–H and O–H groups in total. The number of rotatable bonds is 7. The number of halogens is 1. The minimum absolute atomic E-state index is 0.197. The van der Waals surface area contributed by atoms with Crippen molar-refractivity contribution >= 4 is 15.9 Å². The Morgan fingerprint density at radius 1 is 1.12 bits per heavy atom. The van der Waals surface area contributed by atoms with Gasteiger partial charge in [-0.15, -0.1) is 0 Å². The minimum atomic E-state index is -0.216. The number of alkyl halides is 1. The maximum Gasteiger partial charge on any atom is 0.227 e. The molecule has 0 radical (unpaired) electrons. The first-order valence-electron chi connectivity index (χ1n) is 8.36. The van der Waals surface area contributed by atoms with Gasteiger partial charge in [-0.3, -0.25) is 4.79 Å². The molecule has 1 aliphatic heterocycles. The molecule has 0 bridgehead atoms. The molecule has 25 heavy (non-hydrogen) atoms. The lowest BCUT2D eigenvalue weighted by molar-refractivity contribution is -0.171. The molecule has 5 nitrogen and oxygen atoms in total. The van der Waals surface area contributed by atoms with Crippen molar-refractivity contribution in [2.45, 2.75) is 44.1 Å². The van der Waals surface area contributed by atoms with Crippen LogP contribution < -0.4 is 10.2 Å². The Labute approximate surface area is 155 Å². The van der Waals surface area contributed by atoms with E-state index in [1.807, 2.05) is 24.3 Å². The lowest BCUT2D eigenvalue weighted by Crippen LogP contribution is -2.22. The summed E-state index contributed by atoms with van der Waals surface area (Å²) in [4.78, 5) is 12.1. The molecule has 134 valence electrons. The zero-order valence-corrected chi connectivity index (χ0v) is 15.5. The minimum Gasteiger partial charge on any atom is -0.482 e. The van der Waals surface area contributed by atoms with Crippen LogP contribution in [-0.4, -0.2) is 12.9 Å². The molecule has 1 atom stereocenters. The second kappa shape index (κ2) is 9.17. The van der Waals surface area contributed by atoms with Crippen LogP contribution in [0.15, 0.2) is 45.8 Å². The predicted molar refractivity (Wildman–Crippen MR) is 96.8 cm³/mol. The van der Waals surface area contributed by atoms with Crippen LogP contribution in [0.2, 0.25) is 0 Å². The van der Waals surface area contributed by atoms with Gasteiger partial charge in [0.05, 0.1) is 0 Å². The Balaban J connectivity index is 1.53. The highest BCUT2D eigenvalue weighted by atomic mass is 79.9. The molecule has 1 aliphatic rings. The standard InChI is InChI=1S/C19H21BrO5/c20-10-14-4-6-15(7-5-14)11-24-18-13-23-16(9-17(18)21)12-25-19-3-1-2-8-22-19/h4-7,9,13,19H,1-3,8,10-12H2. The van der Waals surface area contributed by atoms with Crippen molar-refractivity contribution in [3.8, 4) is 5.75 Å². The lowest BCUT2D eigenvalue weighted by Gasteiger charge is -2.22. The molecule has 6 heteroatoms. The molecule has 0 amide bonds. The summed E-state index contributed by atoms with van der Waals surface area (Å²) in [5, 5.41) is 0.813. The summed E-state index contributed by atoms with van der Waals surface area (Å²) in [6.45, 7) is 1.26. The van der Waals surface area contributed by atoms with Crippen LogP contribution in [0.3, 0.4) is 0 Å². The average molecular weight is 409 g/mol. The first-order valence-corrected chi connectivity index (χ1v) is 9.48. The maximum absolute atomic E-state index is 12.1. The van der Waals surface area contributed by atoms with E-state index in [0.29, 0.717) is 12.4 Å². The number of hydrogen-bond acceptors (Lipinski definition) is 5. The van der Waals surface area contributed by atoms with Gasteiger partial charge in [-0.1, -0.05) is 40.2 Å². The van der Waals surface area contributed by atoms with Crippen LogP contribution in [0, 0.1) is 0 Å². The summed E-state index contributed by atoms with van der Waals surface area (Å²) in [5.74, 6) is 0.662. The monoisotopic (exact) mass is 408 g/mol. The zero-order valence-electron chi connectivity index (χ0n) is 13.9. The Hall–Kier alpha value is -1.63. The molecule has 1 aromatic heterocycles. The first-order chi connectivity index (χ1) is 12.2. The van der Waals surface area contributed by atoms with Crippen LogP contribution in [0.1, 0.15) is 36.1 Å². The molecular formula is C19H21BrO5. The maximum atomic E-state index is 12.1. The van der Waals surface area contributed by atoms with Gasteiger partial charge in [-0.05, 0) is 30.4 Å². The quantitative estimate of drug-likeness (QED) is 0.643. The summed E-state index contributed by atoms with van der Waals surface area (Å²) in [6, 6.07) is 9.40.